The number of hydrogen-bond donors (Lipinski definition) is 2. The van der Waals surface area contributed by atoms with E-state index in [-0.39, 0.29) is 5.95 Å². The number of carbonyl (C=O) groups excluding carboxylic acids is 1. The van der Waals surface area contributed by atoms with Crippen LogP contribution in [0, 0.1) is 21.7 Å². The predicted molar refractivity (Wildman–Crippen MR) is 59.6 cm³/mol. The van der Waals surface area contributed by atoms with Gasteiger partial charge in [-0.15, -0.1) is 0 Å². The summed E-state index contributed by atoms with van der Waals surface area (Å²) in [5, 5.41) is 12.7. The van der Waals surface area contributed by atoms with Gasteiger partial charge >= 0.3 is 5.69 Å². The van der Waals surface area contributed by atoms with Gasteiger partial charge in [0.05, 0.1) is 16.6 Å². The molecule has 0 aliphatic carbocycles. The van der Waals surface area contributed by atoms with Crippen LogP contribution in [0.5, 0.6) is 0 Å². The number of H-pyrrole nitrogens is 1. The van der Waals surface area contributed by atoms with Gasteiger partial charge in [-0.3, -0.25) is 20.2 Å². The summed E-state index contributed by atoms with van der Waals surface area (Å²) in [7, 11) is 0. The molecule has 9 heteroatoms. The van der Waals surface area contributed by atoms with Crippen molar-refractivity contribution in [2.45, 2.75) is 0 Å². The molecule has 0 atom stereocenters. The molecular weight excluding hydrogens is 262 g/mol. The first kappa shape index (κ1) is 12.6. The minimum Gasteiger partial charge on any atom is -0.331 e. The van der Waals surface area contributed by atoms with Gasteiger partial charge in [0.1, 0.15) is 5.82 Å². The molecule has 1 aromatic heterocycles. The average molecular weight is 268 g/mol. The lowest BCUT2D eigenvalue weighted by molar-refractivity contribution is -0.387. The number of nitrogens with one attached hydrogen (secondary N) is 2. The second-order valence-electron chi connectivity index (χ2n) is 3.44. The van der Waals surface area contributed by atoms with Crippen LogP contribution in [0.1, 0.15) is 10.4 Å². The number of aromatic amines is 1. The number of nitro benzene ring substituents is 1. The highest BCUT2D eigenvalue weighted by Crippen LogP contribution is 2.22. The Morgan fingerprint density at radius 2 is 2.16 bits per heavy atom. The number of nitro groups is 1. The summed E-state index contributed by atoms with van der Waals surface area (Å²) >= 11 is 0. The van der Waals surface area contributed by atoms with Crippen LogP contribution in [0.4, 0.5) is 20.4 Å². The van der Waals surface area contributed by atoms with E-state index in [2.05, 4.69) is 15.3 Å². The van der Waals surface area contributed by atoms with Crippen LogP contribution in [-0.4, -0.2) is 20.8 Å². The maximum atomic E-state index is 13.7. The number of carbonyl (C=O) groups is 1. The minimum absolute atomic E-state index is 0.0105. The van der Waals surface area contributed by atoms with E-state index < -0.39 is 33.7 Å². The molecule has 0 aliphatic heterocycles. The Morgan fingerprint density at radius 1 is 1.42 bits per heavy atom. The highest BCUT2D eigenvalue weighted by atomic mass is 19.1. The third kappa shape index (κ3) is 2.54. The van der Waals surface area contributed by atoms with Crippen molar-refractivity contribution in [3.63, 3.8) is 0 Å². The number of amides is 1. The summed E-state index contributed by atoms with van der Waals surface area (Å²) < 4.78 is 26.8. The number of benzene rings is 1. The number of nitrogens with zero attached hydrogens (tertiary/aromatic N) is 2. The molecule has 0 fully saturated rings. The van der Waals surface area contributed by atoms with E-state index in [9.17, 15) is 23.7 Å². The van der Waals surface area contributed by atoms with Crippen LogP contribution in [-0.2, 0) is 0 Å². The van der Waals surface area contributed by atoms with Crippen LogP contribution < -0.4 is 5.32 Å². The highest BCUT2D eigenvalue weighted by molar-refractivity contribution is 6.04. The van der Waals surface area contributed by atoms with E-state index in [1.54, 1.807) is 0 Å². The summed E-state index contributed by atoms with van der Waals surface area (Å²) in [6.07, 6.45) is 2.74. The fourth-order valence-corrected chi connectivity index (χ4v) is 1.38. The zero-order valence-corrected chi connectivity index (χ0v) is 9.18. The summed E-state index contributed by atoms with van der Waals surface area (Å²) in [5.74, 6) is -3.53. The van der Waals surface area contributed by atoms with Crippen molar-refractivity contribution in [2.24, 2.45) is 0 Å². The lowest BCUT2D eigenvalue weighted by Crippen LogP contribution is -2.16. The Hall–Kier alpha value is -2.84. The quantitative estimate of drug-likeness (QED) is 0.655. The molecule has 0 bridgehead atoms. The zero-order valence-electron chi connectivity index (χ0n) is 9.18. The number of halogens is 2. The van der Waals surface area contributed by atoms with Crippen molar-refractivity contribution in [2.75, 3.05) is 5.32 Å². The molecule has 0 radical (unpaired) electrons. The Balaban J connectivity index is 2.39. The van der Waals surface area contributed by atoms with Crippen molar-refractivity contribution >= 4 is 17.5 Å². The monoisotopic (exact) mass is 268 g/mol. The lowest BCUT2D eigenvalue weighted by Gasteiger charge is -2.04. The summed E-state index contributed by atoms with van der Waals surface area (Å²) in [6.45, 7) is 0. The predicted octanol–water partition coefficient (Wildman–Crippen LogP) is 1.85. The van der Waals surface area contributed by atoms with E-state index >= 15 is 0 Å². The van der Waals surface area contributed by atoms with Crippen molar-refractivity contribution in [1.82, 2.24) is 9.97 Å². The number of hydrogen-bond acceptors (Lipinski definition) is 4. The molecule has 2 rings (SSSR count). The van der Waals surface area contributed by atoms with Crippen molar-refractivity contribution < 1.29 is 18.5 Å². The molecule has 98 valence electrons. The molecule has 19 heavy (non-hydrogen) atoms. The Bertz CT molecular complexity index is 642. The van der Waals surface area contributed by atoms with E-state index in [0.717, 1.165) is 0 Å². The molecule has 2 aromatic rings. The second-order valence-corrected chi connectivity index (χ2v) is 3.44. The Kier molecular flexibility index (Phi) is 3.19. The molecule has 0 spiro atoms. The topological polar surface area (TPSA) is 101 Å². The van der Waals surface area contributed by atoms with Crippen LogP contribution in [0.3, 0.4) is 0 Å². The van der Waals surface area contributed by atoms with Gasteiger partial charge in [0.25, 0.3) is 5.91 Å². The second kappa shape index (κ2) is 4.80. The van der Waals surface area contributed by atoms with E-state index in [1.165, 1.54) is 12.4 Å². The highest BCUT2D eigenvalue weighted by Gasteiger charge is 2.24. The number of rotatable bonds is 3. The van der Waals surface area contributed by atoms with Gasteiger partial charge < -0.3 is 4.98 Å². The van der Waals surface area contributed by atoms with Gasteiger partial charge in [-0.25, -0.2) is 9.37 Å². The first-order valence-corrected chi connectivity index (χ1v) is 4.93. The number of anilines is 1. The fourth-order valence-electron chi connectivity index (χ4n) is 1.38. The summed E-state index contributed by atoms with van der Waals surface area (Å²) in [4.78, 5) is 27.2. The molecule has 0 aliphatic rings. The maximum absolute atomic E-state index is 13.7. The SMILES string of the molecule is O=C(Nc1ncc[nH]1)c1cc(F)cc([N+](=O)[O-])c1F. The Labute approximate surface area is 104 Å². The molecule has 1 heterocycles. The van der Waals surface area contributed by atoms with Gasteiger partial charge in [0.15, 0.2) is 0 Å². The van der Waals surface area contributed by atoms with Crippen molar-refractivity contribution in [3.8, 4) is 0 Å². The molecule has 0 saturated heterocycles. The van der Waals surface area contributed by atoms with Gasteiger partial charge in [0, 0.05) is 12.4 Å². The molecule has 1 aromatic carbocycles. The first-order valence-electron chi connectivity index (χ1n) is 4.93. The van der Waals surface area contributed by atoms with Gasteiger partial charge in [-0.1, -0.05) is 0 Å². The average Bonchev–Trinajstić information content (AvgIpc) is 2.84. The molecule has 2 N–H and O–H groups in total. The van der Waals surface area contributed by atoms with Crippen LogP contribution >= 0.6 is 0 Å². The van der Waals surface area contributed by atoms with Gasteiger partial charge in [0.2, 0.25) is 11.8 Å². The maximum Gasteiger partial charge on any atom is 0.308 e. The standard InChI is InChI=1S/C10H6F2N4O3/c11-5-3-6(8(12)7(4-5)16(18)19)9(17)15-10-13-1-2-14-10/h1-4H,(H2,13,14,15,17). The van der Waals surface area contributed by atoms with Crippen molar-refractivity contribution in [1.29, 1.82) is 0 Å². The molecule has 1 amide bonds. The lowest BCUT2D eigenvalue weighted by atomic mass is 10.1. The molecular formula is C10H6F2N4O3. The Morgan fingerprint density at radius 3 is 2.74 bits per heavy atom. The van der Waals surface area contributed by atoms with Crippen molar-refractivity contribution in [3.05, 3.63) is 51.8 Å². The first-order chi connectivity index (χ1) is 8.99. The third-order valence-corrected chi connectivity index (χ3v) is 2.19. The van der Waals surface area contributed by atoms with Gasteiger partial charge in [-0.2, -0.15) is 4.39 Å². The minimum atomic E-state index is -1.41. The van der Waals surface area contributed by atoms with Crippen LogP contribution in [0.25, 0.3) is 0 Å². The van der Waals surface area contributed by atoms with Crippen LogP contribution in [0.15, 0.2) is 24.5 Å². The van der Waals surface area contributed by atoms with E-state index in [1.807, 2.05) is 0 Å². The van der Waals surface area contributed by atoms with E-state index in [0.29, 0.717) is 12.1 Å². The summed E-state index contributed by atoms with van der Waals surface area (Å²) in [6, 6.07) is 0.972. The van der Waals surface area contributed by atoms with Crippen LogP contribution in [0.2, 0.25) is 0 Å². The number of aromatic nitrogens is 2. The zero-order chi connectivity index (χ0) is 14.0. The largest absolute Gasteiger partial charge is 0.331 e. The van der Waals surface area contributed by atoms with E-state index in [4.69, 9.17) is 0 Å². The third-order valence-electron chi connectivity index (χ3n) is 2.19. The fraction of sp³-hybridized carbons (Fsp3) is 0. The molecule has 0 saturated carbocycles. The smallest absolute Gasteiger partial charge is 0.308 e. The molecule has 7 nitrogen and oxygen atoms in total. The molecule has 0 unspecified atom stereocenters. The van der Waals surface area contributed by atoms with Gasteiger partial charge in [-0.05, 0) is 6.07 Å². The number of imidazole rings is 1. The summed E-state index contributed by atoms with van der Waals surface area (Å²) in [5.41, 5.74) is -1.88. The normalized spacial score (nSPS) is 10.2.